The lowest BCUT2D eigenvalue weighted by atomic mass is 10.2. The van der Waals surface area contributed by atoms with Crippen molar-refractivity contribution >= 4 is 23.6 Å². The summed E-state index contributed by atoms with van der Waals surface area (Å²) in [6, 6.07) is 6.40. The Balaban J connectivity index is 2.31. The third-order valence-corrected chi connectivity index (χ3v) is 2.32. The van der Waals surface area contributed by atoms with E-state index in [9.17, 15) is 9.59 Å². The molecule has 1 aromatic carbocycles. The first-order valence-corrected chi connectivity index (χ1v) is 5.54. The van der Waals surface area contributed by atoms with Gasteiger partial charge in [0.25, 0.3) is 0 Å². The first kappa shape index (κ1) is 14.3. The molecular formula is C11H13ClN2O4. The average molecular weight is 273 g/mol. The number of aliphatic carboxylic acids is 1. The van der Waals surface area contributed by atoms with Crippen molar-refractivity contribution in [3.63, 3.8) is 0 Å². The average Bonchev–Trinajstić information content (AvgIpc) is 2.33. The van der Waals surface area contributed by atoms with Crippen LogP contribution in [-0.2, 0) is 11.3 Å². The predicted octanol–water partition coefficient (Wildman–Crippen LogP) is 0.585. The van der Waals surface area contributed by atoms with Crippen LogP contribution in [0.1, 0.15) is 5.56 Å². The molecular weight excluding hydrogens is 260 g/mol. The number of nitrogens with one attached hydrogen (secondary N) is 2. The number of aliphatic hydroxyl groups excluding tert-OH is 1. The number of amides is 2. The molecule has 2 amide bonds. The molecule has 0 saturated carbocycles. The van der Waals surface area contributed by atoms with Crippen LogP contribution in [0.4, 0.5) is 4.79 Å². The Labute approximate surface area is 109 Å². The molecule has 0 unspecified atom stereocenters. The van der Waals surface area contributed by atoms with Crippen LogP contribution in [0.2, 0.25) is 5.02 Å². The van der Waals surface area contributed by atoms with Crippen molar-refractivity contribution < 1.29 is 19.8 Å². The Bertz CT molecular complexity index is 439. The number of hydrogen-bond donors (Lipinski definition) is 4. The molecule has 0 saturated heterocycles. The Morgan fingerprint density at radius 2 is 2.06 bits per heavy atom. The highest BCUT2D eigenvalue weighted by Gasteiger charge is 2.13. The van der Waals surface area contributed by atoms with Crippen LogP contribution in [0.5, 0.6) is 0 Å². The maximum Gasteiger partial charge on any atom is 0.334 e. The van der Waals surface area contributed by atoms with E-state index in [0.29, 0.717) is 5.02 Å². The van der Waals surface area contributed by atoms with E-state index < -0.39 is 18.1 Å². The van der Waals surface area contributed by atoms with E-state index in [2.05, 4.69) is 10.6 Å². The van der Waals surface area contributed by atoms with Crippen molar-refractivity contribution in [3.8, 4) is 0 Å². The number of benzene rings is 1. The third-order valence-electron chi connectivity index (χ3n) is 2.08. The van der Waals surface area contributed by atoms with Gasteiger partial charge in [-0.25, -0.2) is 9.59 Å². The van der Waals surface area contributed by atoms with Gasteiger partial charge in [0.05, 0.1) is 6.54 Å². The van der Waals surface area contributed by atoms with Gasteiger partial charge in [0.1, 0.15) is 0 Å². The van der Waals surface area contributed by atoms with E-state index in [4.69, 9.17) is 21.8 Å². The molecule has 0 aliphatic heterocycles. The molecule has 4 N–H and O–H groups in total. The maximum atomic E-state index is 11.3. The SMILES string of the molecule is O=C(NCc1cccc(Cl)c1)NC[C@H](O)C(=O)O. The van der Waals surface area contributed by atoms with Crippen molar-refractivity contribution in [1.29, 1.82) is 0 Å². The summed E-state index contributed by atoms with van der Waals surface area (Å²) >= 11 is 5.77. The summed E-state index contributed by atoms with van der Waals surface area (Å²) in [6.07, 6.45) is -1.61. The first-order valence-electron chi connectivity index (χ1n) is 5.16. The molecule has 0 aliphatic carbocycles. The summed E-state index contributed by atoms with van der Waals surface area (Å²) < 4.78 is 0. The van der Waals surface area contributed by atoms with Gasteiger partial charge < -0.3 is 20.8 Å². The van der Waals surface area contributed by atoms with Gasteiger partial charge in [0.2, 0.25) is 0 Å². The van der Waals surface area contributed by atoms with E-state index in [0.717, 1.165) is 5.56 Å². The summed E-state index contributed by atoms with van der Waals surface area (Å²) in [4.78, 5) is 21.6. The highest BCUT2D eigenvalue weighted by Crippen LogP contribution is 2.09. The zero-order valence-electron chi connectivity index (χ0n) is 9.39. The van der Waals surface area contributed by atoms with Crippen molar-refractivity contribution in [2.45, 2.75) is 12.6 Å². The van der Waals surface area contributed by atoms with E-state index in [1.807, 2.05) is 0 Å². The smallest absolute Gasteiger partial charge is 0.334 e. The molecule has 0 aromatic heterocycles. The number of carbonyl (C=O) groups is 2. The standard InChI is InChI=1S/C11H13ClN2O4/c12-8-3-1-2-7(4-8)5-13-11(18)14-6-9(15)10(16)17/h1-4,9,15H,5-6H2,(H,16,17)(H2,13,14,18)/t9-/m0/s1. The number of urea groups is 1. The largest absolute Gasteiger partial charge is 0.479 e. The van der Waals surface area contributed by atoms with Crippen LogP contribution < -0.4 is 10.6 Å². The Kier molecular flexibility index (Phi) is 5.41. The lowest BCUT2D eigenvalue weighted by Crippen LogP contribution is -2.41. The molecule has 1 rings (SSSR count). The van der Waals surface area contributed by atoms with E-state index in [-0.39, 0.29) is 13.1 Å². The van der Waals surface area contributed by atoms with Crippen LogP contribution in [0.15, 0.2) is 24.3 Å². The Hall–Kier alpha value is -1.79. The van der Waals surface area contributed by atoms with Gasteiger partial charge in [-0.15, -0.1) is 0 Å². The molecule has 1 atom stereocenters. The third kappa shape index (κ3) is 5.03. The molecule has 1 aromatic rings. The summed E-state index contributed by atoms with van der Waals surface area (Å²) in [5, 5.41) is 22.6. The monoisotopic (exact) mass is 272 g/mol. The number of aliphatic hydroxyl groups is 1. The number of carboxylic acid groups (broad SMARTS) is 1. The highest BCUT2D eigenvalue weighted by molar-refractivity contribution is 6.30. The van der Waals surface area contributed by atoms with Gasteiger partial charge in [0.15, 0.2) is 6.10 Å². The summed E-state index contributed by atoms with van der Waals surface area (Å²) in [5.74, 6) is -1.38. The molecule has 0 fully saturated rings. The zero-order valence-corrected chi connectivity index (χ0v) is 10.1. The second-order valence-electron chi connectivity index (χ2n) is 3.55. The van der Waals surface area contributed by atoms with Gasteiger partial charge in [-0.05, 0) is 17.7 Å². The van der Waals surface area contributed by atoms with E-state index >= 15 is 0 Å². The fourth-order valence-electron chi connectivity index (χ4n) is 1.17. The quantitative estimate of drug-likeness (QED) is 0.630. The molecule has 0 heterocycles. The summed E-state index contributed by atoms with van der Waals surface area (Å²) in [6.45, 7) is -0.0910. The molecule has 0 aliphatic rings. The molecule has 0 spiro atoms. The Morgan fingerprint density at radius 3 is 2.67 bits per heavy atom. The van der Waals surface area contributed by atoms with Crippen LogP contribution >= 0.6 is 11.6 Å². The lowest BCUT2D eigenvalue weighted by molar-refractivity contribution is -0.146. The van der Waals surface area contributed by atoms with Gasteiger partial charge >= 0.3 is 12.0 Å². The fourth-order valence-corrected chi connectivity index (χ4v) is 1.38. The number of carboxylic acids is 1. The van der Waals surface area contributed by atoms with Crippen molar-refractivity contribution in [1.82, 2.24) is 10.6 Å². The van der Waals surface area contributed by atoms with Gasteiger partial charge in [-0.2, -0.15) is 0 Å². The second kappa shape index (κ2) is 6.83. The van der Waals surface area contributed by atoms with Gasteiger partial charge in [0, 0.05) is 11.6 Å². The molecule has 18 heavy (non-hydrogen) atoms. The number of carbonyl (C=O) groups excluding carboxylic acids is 1. The lowest BCUT2D eigenvalue weighted by Gasteiger charge is -2.09. The zero-order chi connectivity index (χ0) is 13.5. The first-order chi connectivity index (χ1) is 8.49. The normalized spacial score (nSPS) is 11.7. The van der Waals surface area contributed by atoms with Crippen LogP contribution in [0.3, 0.4) is 0 Å². The topological polar surface area (TPSA) is 98.7 Å². The van der Waals surface area contributed by atoms with Crippen LogP contribution in [0, 0.1) is 0 Å². The minimum absolute atomic E-state index is 0.259. The van der Waals surface area contributed by atoms with Crippen molar-refractivity contribution in [3.05, 3.63) is 34.9 Å². The second-order valence-corrected chi connectivity index (χ2v) is 3.98. The number of halogens is 1. The van der Waals surface area contributed by atoms with Crippen LogP contribution in [-0.4, -0.2) is 34.9 Å². The Morgan fingerprint density at radius 1 is 1.33 bits per heavy atom. The maximum absolute atomic E-state index is 11.3. The molecule has 7 heteroatoms. The van der Waals surface area contributed by atoms with Gasteiger partial charge in [-0.1, -0.05) is 23.7 Å². The van der Waals surface area contributed by atoms with Crippen LogP contribution in [0.25, 0.3) is 0 Å². The number of hydrogen-bond acceptors (Lipinski definition) is 3. The predicted molar refractivity (Wildman–Crippen MR) is 65.3 cm³/mol. The van der Waals surface area contributed by atoms with E-state index in [1.165, 1.54) is 0 Å². The molecule has 0 bridgehead atoms. The van der Waals surface area contributed by atoms with Gasteiger partial charge in [-0.3, -0.25) is 0 Å². The van der Waals surface area contributed by atoms with Crippen molar-refractivity contribution in [2.24, 2.45) is 0 Å². The highest BCUT2D eigenvalue weighted by atomic mass is 35.5. The van der Waals surface area contributed by atoms with E-state index in [1.54, 1.807) is 24.3 Å². The molecule has 0 radical (unpaired) electrons. The number of rotatable bonds is 5. The molecule has 6 nitrogen and oxygen atoms in total. The summed E-state index contributed by atoms with van der Waals surface area (Å²) in [5.41, 5.74) is 0.816. The van der Waals surface area contributed by atoms with Crippen molar-refractivity contribution in [2.75, 3.05) is 6.54 Å². The minimum Gasteiger partial charge on any atom is -0.479 e. The summed E-state index contributed by atoms with van der Waals surface area (Å²) in [7, 11) is 0. The molecule has 98 valence electrons. The fraction of sp³-hybridized carbons (Fsp3) is 0.273. The minimum atomic E-state index is -1.61.